The van der Waals surface area contributed by atoms with Crippen LogP contribution in [0.1, 0.15) is 22.0 Å². The van der Waals surface area contributed by atoms with Crippen LogP contribution in [0.15, 0.2) is 77.8 Å². The van der Waals surface area contributed by atoms with Gasteiger partial charge in [0, 0.05) is 22.9 Å². The molecule has 1 amide bonds. The number of nitrogens with one attached hydrogen (secondary N) is 1. The van der Waals surface area contributed by atoms with Crippen LogP contribution in [0.25, 0.3) is 22.3 Å². The van der Waals surface area contributed by atoms with Crippen LogP contribution in [0, 0.1) is 5.82 Å². The maximum atomic E-state index is 14.8. The third kappa shape index (κ3) is 4.29. The minimum absolute atomic E-state index is 0.139. The molecule has 8 heteroatoms. The highest BCUT2D eigenvalue weighted by molar-refractivity contribution is 5.95. The number of nitrogens with zero attached hydrogens (tertiary/aromatic N) is 2. The molecule has 4 aromatic rings. The summed E-state index contributed by atoms with van der Waals surface area (Å²) in [6, 6.07) is 14.3. The Morgan fingerprint density at radius 1 is 1.10 bits per heavy atom. The zero-order valence-corrected chi connectivity index (χ0v) is 16.3. The van der Waals surface area contributed by atoms with E-state index in [1.54, 1.807) is 42.6 Å². The topological polar surface area (TPSA) is 114 Å². The minimum Gasteiger partial charge on any atom is -0.394 e. The van der Waals surface area contributed by atoms with E-state index < -0.39 is 17.8 Å². The summed E-state index contributed by atoms with van der Waals surface area (Å²) in [5.74, 6) is -1.12. The predicted molar refractivity (Wildman–Crippen MR) is 113 cm³/mol. The van der Waals surface area contributed by atoms with E-state index in [4.69, 9.17) is 10.3 Å². The van der Waals surface area contributed by atoms with E-state index in [-0.39, 0.29) is 18.0 Å². The summed E-state index contributed by atoms with van der Waals surface area (Å²) in [4.78, 5) is 16.8. The van der Waals surface area contributed by atoms with Gasteiger partial charge in [-0.25, -0.2) is 9.37 Å². The van der Waals surface area contributed by atoms with E-state index in [1.165, 1.54) is 24.6 Å². The Morgan fingerprint density at radius 2 is 1.90 bits per heavy atom. The smallest absolute Gasteiger partial charge is 0.254 e. The van der Waals surface area contributed by atoms with Gasteiger partial charge in [0.15, 0.2) is 0 Å². The lowest BCUT2D eigenvalue weighted by molar-refractivity contribution is 0.0912. The molecule has 0 aliphatic carbocycles. The second-order valence-electron chi connectivity index (χ2n) is 6.88. The third-order valence-corrected chi connectivity index (χ3v) is 4.90. The molecule has 156 valence electrons. The van der Waals surface area contributed by atoms with Gasteiger partial charge >= 0.3 is 0 Å². The molecule has 0 aliphatic heterocycles. The lowest BCUT2D eigenvalue weighted by atomic mass is 10.0. The molecule has 2 heterocycles. The average molecular weight is 418 g/mol. The zero-order chi connectivity index (χ0) is 21.8. The normalized spacial score (nSPS) is 11.8. The van der Waals surface area contributed by atoms with Gasteiger partial charge in [0.25, 0.3) is 5.91 Å². The van der Waals surface area contributed by atoms with E-state index in [2.05, 4.69) is 15.5 Å². The molecular formula is C23H19FN4O3. The van der Waals surface area contributed by atoms with Crippen molar-refractivity contribution in [3.05, 3.63) is 90.2 Å². The summed E-state index contributed by atoms with van der Waals surface area (Å²) in [5, 5.41) is 16.0. The highest BCUT2D eigenvalue weighted by Gasteiger charge is 2.19. The summed E-state index contributed by atoms with van der Waals surface area (Å²) < 4.78 is 19.7. The van der Waals surface area contributed by atoms with E-state index in [9.17, 15) is 14.3 Å². The number of pyridine rings is 1. The van der Waals surface area contributed by atoms with Gasteiger partial charge in [0.2, 0.25) is 0 Å². The summed E-state index contributed by atoms with van der Waals surface area (Å²) in [6.45, 7) is -0.312. The van der Waals surface area contributed by atoms with Gasteiger partial charge in [-0.1, -0.05) is 41.6 Å². The van der Waals surface area contributed by atoms with Crippen LogP contribution in [0.3, 0.4) is 0 Å². The third-order valence-electron chi connectivity index (χ3n) is 4.90. The molecule has 0 saturated carbocycles. The average Bonchev–Trinajstić information content (AvgIpc) is 3.33. The Balaban J connectivity index is 1.60. The Labute approximate surface area is 177 Å². The van der Waals surface area contributed by atoms with Crippen LogP contribution in [0.2, 0.25) is 0 Å². The molecular weight excluding hydrogens is 399 g/mol. The van der Waals surface area contributed by atoms with E-state index in [0.29, 0.717) is 22.3 Å². The molecule has 0 bridgehead atoms. The van der Waals surface area contributed by atoms with E-state index in [0.717, 1.165) is 5.56 Å². The Kier molecular flexibility index (Phi) is 5.72. The molecule has 2 aromatic heterocycles. The summed E-state index contributed by atoms with van der Waals surface area (Å²) >= 11 is 0. The number of carbonyl (C=O) groups is 1. The van der Waals surface area contributed by atoms with Gasteiger partial charge in [0.05, 0.1) is 24.4 Å². The first-order valence-electron chi connectivity index (χ1n) is 9.48. The zero-order valence-electron chi connectivity index (χ0n) is 16.3. The number of nitrogens with two attached hydrogens (primary N) is 1. The molecule has 0 radical (unpaired) electrons. The highest BCUT2D eigenvalue weighted by Crippen LogP contribution is 2.30. The summed E-state index contributed by atoms with van der Waals surface area (Å²) in [7, 11) is 0. The maximum absolute atomic E-state index is 14.8. The SMILES string of the molecule is Nc1ncc(-c2cnoc2)cc1-c1ccc(C(=O)N[C@H](CO)c2ccccc2)c(F)c1. The van der Waals surface area contributed by atoms with Crippen molar-refractivity contribution in [2.45, 2.75) is 6.04 Å². The summed E-state index contributed by atoms with van der Waals surface area (Å²) in [6.07, 6.45) is 4.58. The van der Waals surface area contributed by atoms with E-state index >= 15 is 0 Å². The van der Waals surface area contributed by atoms with Crippen molar-refractivity contribution in [1.82, 2.24) is 15.5 Å². The molecule has 0 unspecified atom stereocenters. The Morgan fingerprint density at radius 3 is 2.58 bits per heavy atom. The number of hydrogen-bond acceptors (Lipinski definition) is 6. The van der Waals surface area contributed by atoms with E-state index in [1.807, 2.05) is 6.07 Å². The number of nitrogen functional groups attached to an aromatic ring is 1. The van der Waals surface area contributed by atoms with Crippen LogP contribution in [0.4, 0.5) is 10.2 Å². The largest absolute Gasteiger partial charge is 0.394 e. The first kappa shape index (κ1) is 20.2. The fraction of sp³-hybridized carbons (Fsp3) is 0.0870. The number of aliphatic hydroxyl groups is 1. The van der Waals surface area contributed by atoms with Crippen molar-refractivity contribution in [3.8, 4) is 22.3 Å². The van der Waals surface area contributed by atoms with Crippen molar-refractivity contribution in [3.63, 3.8) is 0 Å². The first-order chi connectivity index (χ1) is 15.1. The molecule has 0 saturated heterocycles. The van der Waals surface area contributed by atoms with Crippen LogP contribution in [-0.4, -0.2) is 27.8 Å². The van der Waals surface area contributed by atoms with Gasteiger partial charge in [-0.2, -0.15) is 0 Å². The quantitative estimate of drug-likeness (QED) is 0.441. The molecule has 0 aliphatic rings. The van der Waals surface area contributed by atoms with Crippen molar-refractivity contribution >= 4 is 11.7 Å². The number of anilines is 1. The lowest BCUT2D eigenvalue weighted by Gasteiger charge is -2.17. The fourth-order valence-electron chi connectivity index (χ4n) is 3.23. The fourth-order valence-corrected chi connectivity index (χ4v) is 3.23. The molecule has 0 spiro atoms. The second kappa shape index (κ2) is 8.76. The first-order valence-corrected chi connectivity index (χ1v) is 9.48. The van der Waals surface area contributed by atoms with Crippen LogP contribution in [-0.2, 0) is 0 Å². The molecule has 31 heavy (non-hydrogen) atoms. The molecule has 4 rings (SSSR count). The van der Waals surface area contributed by atoms with Crippen molar-refractivity contribution in [1.29, 1.82) is 0 Å². The Hall–Kier alpha value is -4.04. The molecule has 2 aromatic carbocycles. The molecule has 1 atom stereocenters. The maximum Gasteiger partial charge on any atom is 0.254 e. The van der Waals surface area contributed by atoms with Gasteiger partial charge in [-0.15, -0.1) is 0 Å². The number of aromatic nitrogens is 2. The minimum atomic E-state index is -0.713. The van der Waals surface area contributed by atoms with Gasteiger partial charge in [0.1, 0.15) is 17.9 Å². The predicted octanol–water partition coefficient (Wildman–Crippen LogP) is 3.59. The number of hydrogen-bond donors (Lipinski definition) is 3. The lowest BCUT2D eigenvalue weighted by Crippen LogP contribution is -2.31. The molecule has 4 N–H and O–H groups in total. The second-order valence-corrected chi connectivity index (χ2v) is 6.88. The number of amides is 1. The van der Waals surface area contributed by atoms with Gasteiger partial charge in [-0.05, 0) is 29.3 Å². The number of benzene rings is 2. The van der Waals surface area contributed by atoms with Gasteiger partial charge < -0.3 is 20.7 Å². The van der Waals surface area contributed by atoms with Crippen LogP contribution >= 0.6 is 0 Å². The summed E-state index contributed by atoms with van der Waals surface area (Å²) in [5.41, 5.74) is 8.98. The number of aliphatic hydroxyl groups excluding tert-OH is 1. The number of rotatable bonds is 6. The number of carbonyl (C=O) groups excluding carboxylic acids is 1. The van der Waals surface area contributed by atoms with Crippen LogP contribution in [0.5, 0.6) is 0 Å². The number of halogens is 1. The van der Waals surface area contributed by atoms with Crippen LogP contribution < -0.4 is 11.1 Å². The van der Waals surface area contributed by atoms with Gasteiger partial charge in [-0.3, -0.25) is 4.79 Å². The Bertz CT molecular complexity index is 1200. The monoisotopic (exact) mass is 418 g/mol. The molecule has 0 fully saturated rings. The van der Waals surface area contributed by atoms with Crippen molar-refractivity contribution in [2.24, 2.45) is 0 Å². The van der Waals surface area contributed by atoms with Crippen molar-refractivity contribution in [2.75, 3.05) is 12.3 Å². The molecule has 7 nitrogen and oxygen atoms in total. The standard InChI is InChI=1S/C23H19FN4O3/c24-20-9-15(19-8-16(10-26-22(19)25)17-11-27-31-13-17)6-7-18(20)23(30)28-21(12-29)14-4-2-1-3-5-14/h1-11,13,21,29H,12H2,(H2,25,26)(H,28,30)/t21-/m1/s1. The van der Waals surface area contributed by atoms with Crippen molar-refractivity contribution < 1.29 is 18.8 Å². The highest BCUT2D eigenvalue weighted by atomic mass is 19.1.